The SMILES string of the molecule is COc1cccc(CN(C)[C@H](C)c2cccc([N+](=O)[O-])c2)c1. The molecule has 116 valence electrons. The molecule has 0 amide bonds. The van der Waals surface area contributed by atoms with Gasteiger partial charge in [0, 0.05) is 24.7 Å². The van der Waals surface area contributed by atoms with Crippen LogP contribution in [0, 0.1) is 10.1 Å². The van der Waals surface area contributed by atoms with E-state index in [1.807, 2.05) is 44.3 Å². The zero-order valence-electron chi connectivity index (χ0n) is 13.0. The highest BCUT2D eigenvalue weighted by molar-refractivity contribution is 5.36. The van der Waals surface area contributed by atoms with Gasteiger partial charge in [0.2, 0.25) is 0 Å². The number of nitro benzene ring substituents is 1. The molecule has 0 heterocycles. The van der Waals surface area contributed by atoms with Crippen molar-refractivity contribution in [1.29, 1.82) is 0 Å². The summed E-state index contributed by atoms with van der Waals surface area (Å²) in [5.74, 6) is 0.828. The molecule has 5 heteroatoms. The minimum absolute atomic E-state index is 0.0751. The molecule has 0 fully saturated rings. The van der Waals surface area contributed by atoms with Gasteiger partial charge in [0.05, 0.1) is 12.0 Å². The summed E-state index contributed by atoms with van der Waals surface area (Å²) in [5, 5.41) is 10.9. The van der Waals surface area contributed by atoms with Crippen LogP contribution in [0.15, 0.2) is 48.5 Å². The maximum absolute atomic E-state index is 10.9. The monoisotopic (exact) mass is 300 g/mol. The van der Waals surface area contributed by atoms with Crippen molar-refractivity contribution in [2.75, 3.05) is 14.2 Å². The number of benzene rings is 2. The van der Waals surface area contributed by atoms with Crippen molar-refractivity contribution < 1.29 is 9.66 Å². The molecule has 0 radical (unpaired) electrons. The van der Waals surface area contributed by atoms with Crippen molar-refractivity contribution in [1.82, 2.24) is 4.90 Å². The second-order valence-electron chi connectivity index (χ2n) is 5.29. The number of hydrogen-bond acceptors (Lipinski definition) is 4. The first-order valence-corrected chi connectivity index (χ1v) is 7.09. The Hall–Kier alpha value is -2.40. The minimum Gasteiger partial charge on any atom is -0.497 e. The third-order valence-electron chi connectivity index (χ3n) is 3.79. The molecular weight excluding hydrogens is 280 g/mol. The number of rotatable bonds is 6. The van der Waals surface area contributed by atoms with E-state index in [0.29, 0.717) is 0 Å². The molecular formula is C17H20N2O3. The Balaban J connectivity index is 2.12. The van der Waals surface area contributed by atoms with Crippen LogP contribution in [-0.2, 0) is 6.54 Å². The van der Waals surface area contributed by atoms with Gasteiger partial charge in [0.15, 0.2) is 0 Å². The summed E-state index contributed by atoms with van der Waals surface area (Å²) in [6, 6.07) is 14.8. The lowest BCUT2D eigenvalue weighted by Gasteiger charge is -2.25. The molecule has 0 unspecified atom stereocenters. The van der Waals surface area contributed by atoms with E-state index in [4.69, 9.17) is 4.74 Å². The van der Waals surface area contributed by atoms with Crippen molar-refractivity contribution >= 4 is 5.69 Å². The fraction of sp³-hybridized carbons (Fsp3) is 0.294. The number of ether oxygens (including phenoxy) is 1. The molecule has 2 rings (SSSR count). The lowest BCUT2D eigenvalue weighted by Crippen LogP contribution is -2.22. The zero-order valence-corrected chi connectivity index (χ0v) is 13.0. The van der Waals surface area contributed by atoms with Crippen molar-refractivity contribution in [3.63, 3.8) is 0 Å². The summed E-state index contributed by atoms with van der Waals surface area (Å²) < 4.78 is 5.23. The first-order valence-electron chi connectivity index (χ1n) is 7.09. The fourth-order valence-electron chi connectivity index (χ4n) is 2.35. The third-order valence-corrected chi connectivity index (χ3v) is 3.79. The van der Waals surface area contributed by atoms with E-state index in [-0.39, 0.29) is 16.7 Å². The van der Waals surface area contributed by atoms with Gasteiger partial charge in [-0.05, 0) is 37.2 Å². The van der Waals surface area contributed by atoms with E-state index < -0.39 is 0 Å². The van der Waals surface area contributed by atoms with Gasteiger partial charge in [0.1, 0.15) is 5.75 Å². The summed E-state index contributed by atoms with van der Waals surface area (Å²) in [6.45, 7) is 2.78. The van der Waals surface area contributed by atoms with E-state index >= 15 is 0 Å². The average Bonchev–Trinajstić information content (AvgIpc) is 2.54. The molecule has 0 saturated carbocycles. The van der Waals surface area contributed by atoms with Crippen molar-refractivity contribution in [3.05, 3.63) is 69.8 Å². The number of nitro groups is 1. The van der Waals surface area contributed by atoms with Gasteiger partial charge in [-0.3, -0.25) is 15.0 Å². The second kappa shape index (κ2) is 7.04. The number of hydrogen-bond donors (Lipinski definition) is 0. The van der Waals surface area contributed by atoms with E-state index in [0.717, 1.165) is 23.4 Å². The molecule has 0 aliphatic carbocycles. The van der Waals surface area contributed by atoms with Gasteiger partial charge < -0.3 is 4.74 Å². The van der Waals surface area contributed by atoms with Crippen LogP contribution in [0.25, 0.3) is 0 Å². The normalized spacial score (nSPS) is 12.2. The molecule has 0 N–H and O–H groups in total. The Kier molecular flexibility index (Phi) is 5.12. The Bertz CT molecular complexity index is 658. The van der Waals surface area contributed by atoms with Gasteiger partial charge in [-0.15, -0.1) is 0 Å². The van der Waals surface area contributed by atoms with Crippen LogP contribution in [0.2, 0.25) is 0 Å². The molecule has 2 aromatic carbocycles. The molecule has 22 heavy (non-hydrogen) atoms. The smallest absolute Gasteiger partial charge is 0.269 e. The van der Waals surface area contributed by atoms with Crippen molar-refractivity contribution in [3.8, 4) is 5.75 Å². The highest BCUT2D eigenvalue weighted by atomic mass is 16.6. The van der Waals surface area contributed by atoms with Gasteiger partial charge >= 0.3 is 0 Å². The zero-order chi connectivity index (χ0) is 16.1. The molecule has 0 bridgehead atoms. The molecule has 1 atom stereocenters. The quantitative estimate of drug-likeness (QED) is 0.601. The number of nitrogens with zero attached hydrogens (tertiary/aromatic N) is 2. The molecule has 0 spiro atoms. The van der Waals surface area contributed by atoms with Crippen LogP contribution < -0.4 is 4.74 Å². The van der Waals surface area contributed by atoms with E-state index in [1.165, 1.54) is 6.07 Å². The Morgan fingerprint density at radius 1 is 1.23 bits per heavy atom. The molecule has 2 aromatic rings. The van der Waals surface area contributed by atoms with Crippen LogP contribution in [0.4, 0.5) is 5.69 Å². The number of non-ortho nitro benzene ring substituents is 1. The van der Waals surface area contributed by atoms with Crippen LogP contribution >= 0.6 is 0 Å². The molecule has 0 aliphatic heterocycles. The first-order chi connectivity index (χ1) is 10.5. The highest BCUT2D eigenvalue weighted by Gasteiger charge is 2.15. The van der Waals surface area contributed by atoms with Gasteiger partial charge in [-0.25, -0.2) is 0 Å². The summed E-state index contributed by atoms with van der Waals surface area (Å²) in [5.41, 5.74) is 2.19. The summed E-state index contributed by atoms with van der Waals surface area (Å²) in [6.07, 6.45) is 0. The van der Waals surface area contributed by atoms with Crippen LogP contribution in [0.3, 0.4) is 0 Å². The molecule has 0 aromatic heterocycles. The van der Waals surface area contributed by atoms with E-state index in [9.17, 15) is 10.1 Å². The first kappa shape index (κ1) is 16.0. The predicted molar refractivity (Wildman–Crippen MR) is 86.0 cm³/mol. The third kappa shape index (κ3) is 3.83. The summed E-state index contributed by atoms with van der Waals surface area (Å²) in [4.78, 5) is 12.7. The molecule has 0 saturated heterocycles. The van der Waals surface area contributed by atoms with Gasteiger partial charge in [0.25, 0.3) is 5.69 Å². The van der Waals surface area contributed by atoms with Gasteiger partial charge in [-0.1, -0.05) is 24.3 Å². The van der Waals surface area contributed by atoms with Crippen LogP contribution in [-0.4, -0.2) is 24.0 Å². The van der Waals surface area contributed by atoms with Gasteiger partial charge in [-0.2, -0.15) is 0 Å². The van der Waals surface area contributed by atoms with Crippen LogP contribution in [0.5, 0.6) is 5.75 Å². The topological polar surface area (TPSA) is 55.6 Å². The average molecular weight is 300 g/mol. The fourth-order valence-corrected chi connectivity index (χ4v) is 2.35. The predicted octanol–water partition coefficient (Wildman–Crippen LogP) is 3.80. The number of methoxy groups -OCH3 is 1. The standard InChI is InChI=1S/C17H20N2O3/c1-13(15-7-5-8-16(11-15)19(20)21)18(2)12-14-6-4-9-17(10-14)22-3/h4-11,13H,12H2,1-3H3/t13-/m1/s1. The maximum atomic E-state index is 10.9. The van der Waals surface area contributed by atoms with E-state index in [2.05, 4.69) is 4.90 Å². The molecule has 0 aliphatic rings. The Labute approximate surface area is 130 Å². The molecule has 5 nitrogen and oxygen atoms in total. The Morgan fingerprint density at radius 2 is 1.95 bits per heavy atom. The lowest BCUT2D eigenvalue weighted by atomic mass is 10.1. The summed E-state index contributed by atoms with van der Waals surface area (Å²) >= 11 is 0. The minimum atomic E-state index is -0.363. The Morgan fingerprint density at radius 3 is 2.64 bits per heavy atom. The lowest BCUT2D eigenvalue weighted by molar-refractivity contribution is -0.384. The highest BCUT2D eigenvalue weighted by Crippen LogP contribution is 2.24. The summed E-state index contributed by atoms with van der Waals surface area (Å²) in [7, 11) is 3.65. The van der Waals surface area contributed by atoms with Crippen molar-refractivity contribution in [2.24, 2.45) is 0 Å². The second-order valence-corrected chi connectivity index (χ2v) is 5.29. The maximum Gasteiger partial charge on any atom is 0.269 e. The van der Waals surface area contributed by atoms with Crippen LogP contribution in [0.1, 0.15) is 24.1 Å². The van der Waals surface area contributed by atoms with E-state index in [1.54, 1.807) is 19.2 Å². The van der Waals surface area contributed by atoms with Crippen molar-refractivity contribution in [2.45, 2.75) is 19.5 Å². The largest absolute Gasteiger partial charge is 0.497 e.